The monoisotopic (exact) mass is 274 g/mol. The average Bonchev–Trinajstić information content (AvgIpc) is 3.07. The predicted molar refractivity (Wildman–Crippen MR) is 74.9 cm³/mol. The molecule has 0 saturated heterocycles. The molecule has 0 atom stereocenters. The molecule has 0 spiro atoms. The number of hydrogen-bond donors (Lipinski definition) is 2. The Morgan fingerprint density at radius 2 is 2.30 bits per heavy atom. The summed E-state index contributed by atoms with van der Waals surface area (Å²) in [5.74, 6) is 0.310. The highest BCUT2D eigenvalue weighted by Crippen LogP contribution is 2.45. The van der Waals surface area contributed by atoms with Crippen molar-refractivity contribution in [3.8, 4) is 0 Å². The van der Waals surface area contributed by atoms with Crippen molar-refractivity contribution in [2.24, 2.45) is 5.41 Å². The van der Waals surface area contributed by atoms with Crippen molar-refractivity contribution in [2.45, 2.75) is 32.6 Å². The van der Waals surface area contributed by atoms with Crippen LogP contribution in [0.2, 0.25) is 0 Å². The molecule has 0 bridgehead atoms. The number of carboxylic acids is 1. The number of nitrogens with zero attached hydrogens (tertiary/aromatic N) is 3. The minimum atomic E-state index is -0.728. The van der Waals surface area contributed by atoms with Crippen LogP contribution in [0, 0.1) is 5.41 Å². The Balaban J connectivity index is 1.86. The van der Waals surface area contributed by atoms with Crippen LogP contribution >= 0.6 is 0 Å². The smallest absolute Gasteiger partial charge is 0.311 e. The average molecular weight is 274 g/mol. The van der Waals surface area contributed by atoms with E-state index in [4.69, 9.17) is 0 Å². The zero-order valence-electron chi connectivity index (χ0n) is 11.6. The summed E-state index contributed by atoms with van der Waals surface area (Å²) in [4.78, 5) is 15.5. The molecule has 0 radical (unpaired) electrons. The van der Waals surface area contributed by atoms with Crippen molar-refractivity contribution in [1.82, 2.24) is 14.6 Å². The summed E-state index contributed by atoms with van der Waals surface area (Å²) in [7, 11) is 0. The maximum atomic E-state index is 11.2. The molecule has 6 nitrogen and oxygen atoms in total. The second-order valence-corrected chi connectivity index (χ2v) is 5.77. The molecular formula is C14H18N4O2. The third-order valence-electron chi connectivity index (χ3n) is 3.90. The molecule has 6 heteroatoms. The Labute approximate surface area is 116 Å². The Morgan fingerprint density at radius 1 is 1.55 bits per heavy atom. The highest BCUT2D eigenvalue weighted by Gasteiger charge is 2.50. The molecule has 0 unspecified atom stereocenters. The second kappa shape index (κ2) is 4.47. The largest absolute Gasteiger partial charge is 0.481 e. The Morgan fingerprint density at radius 3 is 2.90 bits per heavy atom. The topological polar surface area (TPSA) is 79.5 Å². The Kier molecular flexibility index (Phi) is 2.88. The summed E-state index contributed by atoms with van der Waals surface area (Å²) in [5.41, 5.74) is 1.29. The lowest BCUT2D eigenvalue weighted by atomic mass is 10.1. The quantitative estimate of drug-likeness (QED) is 0.873. The molecule has 2 aromatic heterocycles. The van der Waals surface area contributed by atoms with Gasteiger partial charge in [-0.15, -0.1) is 0 Å². The van der Waals surface area contributed by atoms with E-state index in [2.05, 4.69) is 29.2 Å². The van der Waals surface area contributed by atoms with Crippen LogP contribution in [0.15, 0.2) is 18.5 Å². The van der Waals surface area contributed by atoms with Gasteiger partial charge in [0, 0.05) is 18.9 Å². The fourth-order valence-corrected chi connectivity index (χ4v) is 2.23. The minimum Gasteiger partial charge on any atom is -0.481 e. The minimum absolute atomic E-state index is 0.344. The molecule has 1 aliphatic carbocycles. The Bertz CT molecular complexity index is 658. The number of aromatic nitrogens is 3. The standard InChI is InChI=1S/C14H18N4O2/c1-9(2)10-7-11-12(15-5-6-18(11)17-10)16-8-14(3-4-14)13(19)20/h5-7,9H,3-4,8H2,1-2H3,(H,15,16)(H,19,20). The van der Waals surface area contributed by atoms with Gasteiger partial charge >= 0.3 is 5.97 Å². The second-order valence-electron chi connectivity index (χ2n) is 5.77. The van der Waals surface area contributed by atoms with E-state index in [0.717, 1.165) is 24.1 Å². The molecule has 1 aliphatic rings. The number of carboxylic acid groups (broad SMARTS) is 1. The van der Waals surface area contributed by atoms with E-state index < -0.39 is 11.4 Å². The number of hydrogen-bond acceptors (Lipinski definition) is 4. The summed E-state index contributed by atoms with van der Waals surface area (Å²) >= 11 is 0. The van der Waals surface area contributed by atoms with Gasteiger partial charge in [0.15, 0.2) is 5.82 Å². The predicted octanol–water partition coefficient (Wildman–Crippen LogP) is 2.13. The summed E-state index contributed by atoms with van der Waals surface area (Å²) in [6, 6.07) is 2.00. The lowest BCUT2D eigenvalue weighted by Gasteiger charge is -2.12. The molecule has 3 rings (SSSR count). The zero-order chi connectivity index (χ0) is 14.3. The number of rotatable bonds is 5. The van der Waals surface area contributed by atoms with Gasteiger partial charge < -0.3 is 10.4 Å². The van der Waals surface area contributed by atoms with Crippen LogP contribution in [0.3, 0.4) is 0 Å². The van der Waals surface area contributed by atoms with E-state index in [0.29, 0.717) is 18.3 Å². The maximum absolute atomic E-state index is 11.2. The molecule has 20 heavy (non-hydrogen) atoms. The lowest BCUT2D eigenvalue weighted by molar-refractivity contribution is -0.142. The van der Waals surface area contributed by atoms with Crippen LogP contribution in [0.1, 0.15) is 38.3 Å². The van der Waals surface area contributed by atoms with Crippen molar-refractivity contribution >= 4 is 17.3 Å². The highest BCUT2D eigenvalue weighted by molar-refractivity contribution is 5.79. The van der Waals surface area contributed by atoms with Crippen molar-refractivity contribution in [3.63, 3.8) is 0 Å². The summed E-state index contributed by atoms with van der Waals surface area (Å²) in [6.07, 6.45) is 4.94. The summed E-state index contributed by atoms with van der Waals surface area (Å²) in [6.45, 7) is 4.59. The van der Waals surface area contributed by atoms with Gasteiger partial charge in [-0.3, -0.25) is 4.79 Å². The highest BCUT2D eigenvalue weighted by atomic mass is 16.4. The number of carbonyl (C=O) groups is 1. The molecule has 0 aromatic carbocycles. The molecule has 106 valence electrons. The first-order chi connectivity index (χ1) is 9.52. The van der Waals surface area contributed by atoms with Crippen molar-refractivity contribution in [1.29, 1.82) is 0 Å². The number of anilines is 1. The first-order valence-corrected chi connectivity index (χ1v) is 6.83. The van der Waals surface area contributed by atoms with Gasteiger partial charge in [-0.1, -0.05) is 13.8 Å². The lowest BCUT2D eigenvalue weighted by Crippen LogP contribution is -2.24. The van der Waals surface area contributed by atoms with Crippen LogP contribution in [-0.4, -0.2) is 32.2 Å². The van der Waals surface area contributed by atoms with E-state index in [1.165, 1.54) is 0 Å². The number of nitrogens with one attached hydrogen (secondary N) is 1. The van der Waals surface area contributed by atoms with Gasteiger partial charge in [0.05, 0.1) is 11.1 Å². The van der Waals surface area contributed by atoms with Crippen molar-refractivity contribution in [2.75, 3.05) is 11.9 Å². The van der Waals surface area contributed by atoms with Crippen LogP contribution < -0.4 is 5.32 Å². The zero-order valence-corrected chi connectivity index (χ0v) is 11.6. The molecular weight excluding hydrogens is 256 g/mol. The van der Waals surface area contributed by atoms with Gasteiger partial charge in [0.25, 0.3) is 0 Å². The van der Waals surface area contributed by atoms with Crippen molar-refractivity contribution in [3.05, 3.63) is 24.2 Å². The van der Waals surface area contributed by atoms with Gasteiger partial charge in [-0.2, -0.15) is 5.10 Å². The van der Waals surface area contributed by atoms with Gasteiger partial charge in [-0.05, 0) is 24.8 Å². The van der Waals surface area contributed by atoms with E-state index in [-0.39, 0.29) is 0 Å². The van der Waals surface area contributed by atoms with Crippen LogP contribution in [-0.2, 0) is 4.79 Å². The molecule has 1 saturated carbocycles. The normalized spacial score (nSPS) is 16.6. The van der Waals surface area contributed by atoms with E-state index in [1.807, 2.05) is 6.07 Å². The SMILES string of the molecule is CC(C)c1cc2c(NCC3(C(=O)O)CC3)nccn2n1. The van der Waals surface area contributed by atoms with Crippen LogP contribution in [0.4, 0.5) is 5.82 Å². The van der Waals surface area contributed by atoms with Gasteiger partial charge in [0.2, 0.25) is 0 Å². The molecule has 0 amide bonds. The number of aliphatic carboxylic acids is 1. The third kappa shape index (κ3) is 2.11. The van der Waals surface area contributed by atoms with Gasteiger partial charge in [0.1, 0.15) is 5.52 Å². The molecule has 2 heterocycles. The first-order valence-electron chi connectivity index (χ1n) is 6.83. The third-order valence-corrected chi connectivity index (χ3v) is 3.90. The molecule has 1 fully saturated rings. The maximum Gasteiger partial charge on any atom is 0.311 e. The molecule has 2 N–H and O–H groups in total. The van der Waals surface area contributed by atoms with E-state index in [9.17, 15) is 9.90 Å². The van der Waals surface area contributed by atoms with E-state index in [1.54, 1.807) is 16.9 Å². The summed E-state index contributed by atoms with van der Waals surface area (Å²) in [5, 5.41) is 16.9. The fourth-order valence-electron chi connectivity index (χ4n) is 2.23. The fraction of sp³-hybridized carbons (Fsp3) is 0.500. The van der Waals surface area contributed by atoms with Crippen LogP contribution in [0.5, 0.6) is 0 Å². The van der Waals surface area contributed by atoms with Crippen LogP contribution in [0.25, 0.3) is 5.52 Å². The molecule has 2 aromatic rings. The van der Waals surface area contributed by atoms with Gasteiger partial charge in [-0.25, -0.2) is 9.50 Å². The molecule has 0 aliphatic heterocycles. The van der Waals surface area contributed by atoms with E-state index >= 15 is 0 Å². The first kappa shape index (κ1) is 12.9. The van der Waals surface area contributed by atoms with Crippen molar-refractivity contribution < 1.29 is 9.90 Å². The number of fused-ring (bicyclic) bond motifs is 1. The summed E-state index contributed by atoms with van der Waals surface area (Å²) < 4.78 is 1.78. The Hall–Kier alpha value is -2.11.